The predicted molar refractivity (Wildman–Crippen MR) is 160 cm³/mol. The molecule has 0 bridgehead atoms. The molecule has 0 aromatic carbocycles. The Morgan fingerprint density at radius 2 is 0.912 bits per heavy atom. The molecule has 0 aliphatic rings. The van der Waals surface area contributed by atoms with E-state index in [-0.39, 0.29) is 0 Å². The van der Waals surface area contributed by atoms with Gasteiger partial charge in [0.05, 0.1) is 0 Å². The number of carbonyl (C=O) groups excluding carboxylic acids is 2. The second-order valence-corrected chi connectivity index (χ2v) is 13.8. The number of nitrogens with zero attached hydrogens (tertiary/aromatic N) is 2. The molecule has 0 aliphatic heterocycles. The van der Waals surface area contributed by atoms with Crippen molar-refractivity contribution in [2.75, 3.05) is 24.6 Å². The van der Waals surface area contributed by atoms with E-state index in [2.05, 4.69) is 27.7 Å². The molecular formula is C26H48N2O2S4. The zero-order valence-electron chi connectivity index (χ0n) is 22.0. The van der Waals surface area contributed by atoms with Crippen molar-refractivity contribution in [2.45, 2.75) is 105 Å². The predicted octanol–water partition coefficient (Wildman–Crippen LogP) is 9.11. The van der Waals surface area contributed by atoms with E-state index < -0.39 is 0 Å². The lowest BCUT2D eigenvalue weighted by molar-refractivity contribution is -0.116. The average Bonchev–Trinajstić information content (AvgIpc) is 2.83. The molecule has 0 atom stereocenters. The lowest BCUT2D eigenvalue weighted by Gasteiger charge is -2.13. The third-order valence-corrected chi connectivity index (χ3v) is 10.4. The molecule has 0 N–H and O–H groups in total. The molecule has 0 fully saturated rings. The summed E-state index contributed by atoms with van der Waals surface area (Å²) in [7, 11) is 7.24. The van der Waals surface area contributed by atoms with Crippen LogP contribution in [0.5, 0.6) is 0 Å². The van der Waals surface area contributed by atoms with Gasteiger partial charge in [0.25, 0.3) is 0 Å². The Hall–Kier alpha value is -0.180. The van der Waals surface area contributed by atoms with Crippen molar-refractivity contribution in [3.05, 3.63) is 22.2 Å². The van der Waals surface area contributed by atoms with Gasteiger partial charge in [0.15, 0.2) is 0 Å². The van der Waals surface area contributed by atoms with E-state index in [1.165, 1.54) is 74.0 Å². The van der Waals surface area contributed by atoms with E-state index in [9.17, 15) is 9.59 Å². The normalized spacial score (nSPS) is 12.1. The van der Waals surface area contributed by atoms with Gasteiger partial charge in [-0.2, -0.15) is 0 Å². The van der Waals surface area contributed by atoms with Crippen LogP contribution in [0.1, 0.15) is 105 Å². The van der Waals surface area contributed by atoms with Crippen LogP contribution in [-0.4, -0.2) is 47.2 Å². The molecule has 0 heterocycles. The molecule has 8 heteroatoms. The van der Waals surface area contributed by atoms with Gasteiger partial charge in [0, 0.05) is 46.8 Å². The lowest BCUT2D eigenvalue weighted by Crippen LogP contribution is -2.16. The van der Waals surface area contributed by atoms with Crippen molar-refractivity contribution in [1.29, 1.82) is 0 Å². The molecule has 0 aromatic rings. The van der Waals surface area contributed by atoms with Gasteiger partial charge < -0.3 is 9.80 Å². The Labute approximate surface area is 226 Å². The molecule has 0 aromatic heterocycles. The lowest BCUT2D eigenvalue weighted by atomic mass is 10.1. The van der Waals surface area contributed by atoms with Gasteiger partial charge in [-0.3, -0.25) is 9.59 Å². The van der Waals surface area contributed by atoms with Gasteiger partial charge in [-0.1, -0.05) is 108 Å². The summed E-state index contributed by atoms with van der Waals surface area (Å²) in [6.45, 7) is 10.2. The Balaban J connectivity index is 3.67. The number of rotatable bonds is 25. The molecule has 0 radical (unpaired) electrons. The van der Waals surface area contributed by atoms with Gasteiger partial charge in [0.1, 0.15) is 0 Å². The smallest absolute Gasteiger partial charge is 0.213 e. The van der Waals surface area contributed by atoms with Crippen molar-refractivity contribution >= 4 is 56.0 Å². The first kappa shape index (κ1) is 33.8. The van der Waals surface area contributed by atoms with Crippen LogP contribution in [0.15, 0.2) is 22.2 Å². The zero-order chi connectivity index (χ0) is 25.3. The summed E-state index contributed by atoms with van der Waals surface area (Å²) in [6.07, 6.45) is 20.5. The van der Waals surface area contributed by atoms with Crippen molar-refractivity contribution in [3.8, 4) is 0 Å². The van der Waals surface area contributed by atoms with E-state index in [0.29, 0.717) is 0 Å². The van der Waals surface area contributed by atoms with Gasteiger partial charge >= 0.3 is 0 Å². The summed E-state index contributed by atoms with van der Waals surface area (Å²) in [4.78, 5) is 28.5. The Bertz CT molecular complexity index is 511. The first-order valence-electron chi connectivity index (χ1n) is 12.9. The first-order valence-corrected chi connectivity index (χ1v) is 17.6. The van der Waals surface area contributed by atoms with Gasteiger partial charge in [-0.05, 0) is 39.5 Å². The molecule has 4 nitrogen and oxygen atoms in total. The highest BCUT2D eigenvalue weighted by atomic mass is 33.1. The summed E-state index contributed by atoms with van der Waals surface area (Å²) in [5, 5.41) is 0. The van der Waals surface area contributed by atoms with Crippen molar-refractivity contribution in [2.24, 2.45) is 0 Å². The van der Waals surface area contributed by atoms with Gasteiger partial charge in [-0.15, -0.1) is 0 Å². The first-order chi connectivity index (χ1) is 16.6. The summed E-state index contributed by atoms with van der Waals surface area (Å²) < 4.78 is 0. The highest BCUT2D eigenvalue weighted by Crippen LogP contribution is 2.30. The molecule has 34 heavy (non-hydrogen) atoms. The maximum Gasteiger partial charge on any atom is 0.213 e. The largest absolute Gasteiger partial charge is 0.321 e. The van der Waals surface area contributed by atoms with Crippen molar-refractivity contribution < 1.29 is 9.59 Å². The summed E-state index contributed by atoms with van der Waals surface area (Å²) in [5.74, 6) is 2.29. The Morgan fingerprint density at radius 3 is 1.21 bits per heavy atom. The van der Waals surface area contributed by atoms with Crippen LogP contribution < -0.4 is 0 Å². The number of amides is 2. The number of hydrogen-bond acceptors (Lipinski definition) is 6. The molecule has 198 valence electrons. The molecule has 0 rings (SSSR count). The Kier molecular flexibility index (Phi) is 25.8. The molecule has 0 spiro atoms. The monoisotopic (exact) mass is 548 g/mol. The molecule has 2 amide bonds. The van der Waals surface area contributed by atoms with E-state index in [1.54, 1.807) is 31.4 Å². The molecule has 0 saturated heterocycles. The molecule has 0 saturated carbocycles. The summed E-state index contributed by atoms with van der Waals surface area (Å²) in [6, 6.07) is 0. The van der Waals surface area contributed by atoms with Crippen molar-refractivity contribution in [3.63, 3.8) is 0 Å². The molecule has 0 aliphatic carbocycles. The second kappa shape index (κ2) is 25.9. The van der Waals surface area contributed by atoms with E-state index in [1.807, 2.05) is 34.0 Å². The summed E-state index contributed by atoms with van der Waals surface area (Å²) >= 11 is 0. The van der Waals surface area contributed by atoms with Gasteiger partial charge in [-0.25, -0.2) is 0 Å². The van der Waals surface area contributed by atoms with Crippen molar-refractivity contribution in [1.82, 2.24) is 9.80 Å². The van der Waals surface area contributed by atoms with Gasteiger partial charge in [0.2, 0.25) is 12.8 Å². The topological polar surface area (TPSA) is 40.6 Å². The third kappa shape index (κ3) is 22.3. The highest BCUT2D eigenvalue weighted by Gasteiger charge is 2.02. The molecule has 0 unspecified atom stereocenters. The van der Waals surface area contributed by atoms with Crippen LogP contribution >= 0.6 is 43.2 Å². The van der Waals surface area contributed by atoms with Crippen LogP contribution in [0, 0.1) is 0 Å². The molecular weight excluding hydrogens is 501 g/mol. The van der Waals surface area contributed by atoms with E-state index >= 15 is 0 Å². The van der Waals surface area contributed by atoms with Crippen LogP contribution in [-0.2, 0) is 9.59 Å². The van der Waals surface area contributed by atoms with Crippen LogP contribution in [0.3, 0.4) is 0 Å². The minimum Gasteiger partial charge on any atom is -0.321 e. The number of allylic oxidation sites excluding steroid dienone is 2. The van der Waals surface area contributed by atoms with E-state index in [0.717, 1.165) is 50.3 Å². The highest BCUT2D eigenvalue weighted by molar-refractivity contribution is 8.78. The zero-order valence-corrected chi connectivity index (χ0v) is 25.2. The number of unbranched alkanes of at least 4 members (excludes halogenated alkanes) is 9. The fourth-order valence-electron chi connectivity index (χ4n) is 3.24. The van der Waals surface area contributed by atoms with E-state index in [4.69, 9.17) is 0 Å². The minimum absolute atomic E-state index is 0.822. The quantitative estimate of drug-likeness (QED) is 0.0643. The number of carbonyl (C=O) groups is 2. The standard InChI is InChI=1S/C26H48N2O2S4/c1-5-19-31-33-25(3)21-27(23-29)17-15-13-11-9-7-8-10-12-14-16-18-28(24-30)22-26(4)34-32-20-6-2/h21-24H,5-20H2,1-4H3. The third-order valence-electron chi connectivity index (χ3n) is 5.00. The number of hydrogen-bond donors (Lipinski definition) is 0. The second-order valence-electron chi connectivity index (χ2n) is 8.51. The minimum atomic E-state index is 0.822. The fraction of sp³-hybridized carbons (Fsp3) is 0.769. The van der Waals surface area contributed by atoms with Crippen LogP contribution in [0.4, 0.5) is 0 Å². The Morgan fingerprint density at radius 1 is 0.588 bits per heavy atom. The summed E-state index contributed by atoms with van der Waals surface area (Å²) in [5.41, 5.74) is 0. The maximum atomic E-state index is 11.3. The SMILES string of the molecule is CCCSSC(C)=CN(C=O)CCCCCCCCCCCCN(C=O)C=C(C)SSCCC. The average molecular weight is 549 g/mol. The fourth-order valence-corrected chi connectivity index (χ4v) is 7.35. The van der Waals surface area contributed by atoms with Crippen LogP contribution in [0.25, 0.3) is 0 Å². The maximum absolute atomic E-state index is 11.3. The van der Waals surface area contributed by atoms with Crippen LogP contribution in [0.2, 0.25) is 0 Å².